The van der Waals surface area contributed by atoms with E-state index in [1.807, 2.05) is 18.3 Å². The number of carbonyl (C=O) groups is 1. The number of aromatic nitrogens is 4. The van der Waals surface area contributed by atoms with Gasteiger partial charge >= 0.3 is 0 Å². The SMILES string of the molecule is CCCC(Cc1c[nH]c2ccccc12)NC(=O)c1nc(N(CC)CCN(C)CCOC)n[nH]1. The summed E-state index contributed by atoms with van der Waals surface area (Å²) < 4.78 is 5.13. The largest absolute Gasteiger partial charge is 0.383 e. The van der Waals surface area contributed by atoms with Gasteiger partial charge < -0.3 is 24.8 Å². The minimum absolute atomic E-state index is 0.0203. The Morgan fingerprint density at radius 1 is 1.21 bits per heavy atom. The van der Waals surface area contributed by atoms with Crippen LogP contribution in [0.1, 0.15) is 42.9 Å². The summed E-state index contributed by atoms with van der Waals surface area (Å²) >= 11 is 0. The molecule has 1 aromatic carbocycles. The number of nitrogens with zero attached hydrogens (tertiary/aromatic N) is 4. The number of nitrogens with one attached hydrogen (secondary N) is 3. The van der Waals surface area contributed by atoms with E-state index in [1.54, 1.807) is 7.11 Å². The van der Waals surface area contributed by atoms with Gasteiger partial charge in [0, 0.05) is 56.4 Å². The van der Waals surface area contributed by atoms with Crippen molar-refractivity contribution in [1.29, 1.82) is 0 Å². The summed E-state index contributed by atoms with van der Waals surface area (Å²) in [5.74, 6) is 0.572. The topological polar surface area (TPSA) is 102 Å². The summed E-state index contributed by atoms with van der Waals surface area (Å²) in [6, 6.07) is 8.26. The lowest BCUT2D eigenvalue weighted by Gasteiger charge is -2.23. The maximum Gasteiger partial charge on any atom is 0.288 e. The molecule has 0 aliphatic heterocycles. The van der Waals surface area contributed by atoms with Gasteiger partial charge in [-0.25, -0.2) is 0 Å². The van der Waals surface area contributed by atoms with Gasteiger partial charge in [0.15, 0.2) is 0 Å². The van der Waals surface area contributed by atoms with Crippen molar-refractivity contribution in [2.75, 3.05) is 51.8 Å². The molecule has 180 valence electrons. The molecule has 3 rings (SSSR count). The molecule has 0 fully saturated rings. The fraction of sp³-hybridized carbons (Fsp3) is 0.542. The quantitative estimate of drug-likeness (QED) is 0.345. The number of amides is 1. The van der Waals surface area contributed by atoms with Gasteiger partial charge in [-0.2, -0.15) is 4.98 Å². The smallest absolute Gasteiger partial charge is 0.288 e. The second kappa shape index (κ2) is 12.4. The lowest BCUT2D eigenvalue weighted by molar-refractivity contribution is 0.0924. The number of hydrogen-bond acceptors (Lipinski definition) is 6. The maximum absolute atomic E-state index is 12.9. The standard InChI is InChI=1S/C24H37N7O2/c1-5-9-19(16-18-17-25-21-11-8-7-10-20(18)21)26-23(32)22-27-24(29-28-22)31(6-2)13-12-30(3)14-15-33-4/h7-8,10-11,17,19,25H,5-6,9,12-16H2,1-4H3,(H,26,32)(H,27,28,29). The molecule has 0 saturated heterocycles. The molecule has 1 atom stereocenters. The Morgan fingerprint density at radius 2 is 2.03 bits per heavy atom. The van der Waals surface area contributed by atoms with E-state index < -0.39 is 0 Å². The van der Waals surface area contributed by atoms with Crippen molar-refractivity contribution in [2.45, 2.75) is 39.2 Å². The van der Waals surface area contributed by atoms with Gasteiger partial charge in [-0.1, -0.05) is 31.5 Å². The molecular weight excluding hydrogens is 418 g/mol. The lowest BCUT2D eigenvalue weighted by atomic mass is 10.0. The van der Waals surface area contributed by atoms with E-state index in [1.165, 1.54) is 10.9 Å². The molecule has 33 heavy (non-hydrogen) atoms. The first-order chi connectivity index (χ1) is 16.0. The van der Waals surface area contributed by atoms with E-state index in [9.17, 15) is 4.79 Å². The number of benzene rings is 1. The number of H-pyrrole nitrogens is 2. The van der Waals surface area contributed by atoms with Gasteiger partial charge in [0.2, 0.25) is 11.8 Å². The zero-order valence-electron chi connectivity index (χ0n) is 20.2. The van der Waals surface area contributed by atoms with Gasteiger partial charge in [-0.15, -0.1) is 5.10 Å². The number of aromatic amines is 2. The van der Waals surface area contributed by atoms with Crippen LogP contribution >= 0.6 is 0 Å². The fourth-order valence-electron chi connectivity index (χ4n) is 3.94. The molecule has 0 saturated carbocycles. The molecule has 9 nitrogen and oxygen atoms in total. The maximum atomic E-state index is 12.9. The second-order valence-corrected chi connectivity index (χ2v) is 8.38. The third-order valence-corrected chi connectivity index (χ3v) is 5.90. The summed E-state index contributed by atoms with van der Waals surface area (Å²) in [6.07, 6.45) is 4.67. The lowest BCUT2D eigenvalue weighted by Crippen LogP contribution is -2.37. The average molecular weight is 456 g/mol. The molecule has 1 unspecified atom stereocenters. The number of para-hydroxylation sites is 1. The van der Waals surface area contributed by atoms with Crippen LogP contribution in [0.25, 0.3) is 10.9 Å². The van der Waals surface area contributed by atoms with Gasteiger partial charge in [-0.3, -0.25) is 9.89 Å². The number of hydrogen-bond donors (Lipinski definition) is 3. The predicted octanol–water partition coefficient (Wildman–Crippen LogP) is 2.83. The predicted molar refractivity (Wildman–Crippen MR) is 132 cm³/mol. The van der Waals surface area contributed by atoms with E-state index in [4.69, 9.17) is 4.74 Å². The second-order valence-electron chi connectivity index (χ2n) is 8.38. The molecule has 0 radical (unpaired) electrons. The highest BCUT2D eigenvalue weighted by Gasteiger charge is 2.20. The van der Waals surface area contributed by atoms with Crippen molar-refractivity contribution in [3.05, 3.63) is 41.9 Å². The van der Waals surface area contributed by atoms with Crippen LogP contribution < -0.4 is 10.2 Å². The van der Waals surface area contributed by atoms with Crippen LogP contribution in [0, 0.1) is 0 Å². The first-order valence-electron chi connectivity index (χ1n) is 11.8. The van der Waals surface area contributed by atoms with Gasteiger partial charge in [0.25, 0.3) is 5.91 Å². The zero-order valence-corrected chi connectivity index (χ0v) is 20.2. The van der Waals surface area contributed by atoms with Crippen molar-refractivity contribution in [2.24, 2.45) is 0 Å². The number of fused-ring (bicyclic) bond motifs is 1. The van der Waals surface area contributed by atoms with Crippen LogP contribution in [-0.4, -0.2) is 84.0 Å². The van der Waals surface area contributed by atoms with Gasteiger partial charge in [-0.05, 0) is 38.4 Å². The molecule has 2 heterocycles. The summed E-state index contributed by atoms with van der Waals surface area (Å²) in [5, 5.41) is 11.5. The molecule has 3 aromatic rings. The number of likely N-dealkylation sites (N-methyl/N-ethyl adjacent to an activating group) is 2. The summed E-state index contributed by atoms with van der Waals surface area (Å²) in [6.45, 7) is 8.14. The zero-order chi connectivity index (χ0) is 23.6. The molecule has 0 aliphatic rings. The van der Waals surface area contributed by atoms with Crippen molar-refractivity contribution in [3.8, 4) is 0 Å². The molecule has 1 amide bonds. The van der Waals surface area contributed by atoms with E-state index in [-0.39, 0.29) is 17.8 Å². The summed E-state index contributed by atoms with van der Waals surface area (Å²) in [7, 11) is 3.77. The molecule has 9 heteroatoms. The molecule has 0 aliphatic carbocycles. The van der Waals surface area contributed by atoms with Crippen LogP contribution in [0.15, 0.2) is 30.5 Å². The van der Waals surface area contributed by atoms with E-state index in [0.29, 0.717) is 12.6 Å². The third kappa shape index (κ3) is 6.79. The Morgan fingerprint density at radius 3 is 2.79 bits per heavy atom. The molecule has 2 aromatic heterocycles. The van der Waals surface area contributed by atoms with Crippen LogP contribution in [0.4, 0.5) is 5.95 Å². The summed E-state index contributed by atoms with van der Waals surface area (Å²) in [5.41, 5.74) is 2.32. The highest BCUT2D eigenvalue weighted by molar-refractivity contribution is 5.91. The Bertz CT molecular complexity index is 1000. The Balaban J connectivity index is 1.61. The van der Waals surface area contributed by atoms with Crippen molar-refractivity contribution < 1.29 is 9.53 Å². The normalized spacial score (nSPS) is 12.4. The number of rotatable bonds is 14. The number of ether oxygens (including phenoxy) is 1. The van der Waals surface area contributed by atoms with Crippen molar-refractivity contribution in [1.82, 2.24) is 30.4 Å². The first-order valence-corrected chi connectivity index (χ1v) is 11.8. The van der Waals surface area contributed by atoms with Crippen LogP contribution in [0.2, 0.25) is 0 Å². The first kappa shape index (κ1) is 24.7. The highest BCUT2D eigenvalue weighted by Crippen LogP contribution is 2.20. The number of carbonyl (C=O) groups excluding carboxylic acids is 1. The van der Waals surface area contributed by atoms with Crippen molar-refractivity contribution in [3.63, 3.8) is 0 Å². The minimum Gasteiger partial charge on any atom is -0.383 e. The van der Waals surface area contributed by atoms with Gasteiger partial charge in [0.1, 0.15) is 0 Å². The summed E-state index contributed by atoms with van der Waals surface area (Å²) in [4.78, 5) is 25.0. The third-order valence-electron chi connectivity index (χ3n) is 5.90. The molecule has 3 N–H and O–H groups in total. The number of anilines is 1. The Kier molecular flexibility index (Phi) is 9.26. The average Bonchev–Trinajstić information content (AvgIpc) is 3.46. The Labute approximate surface area is 195 Å². The van der Waals surface area contributed by atoms with Crippen LogP contribution in [-0.2, 0) is 11.2 Å². The molecule has 0 spiro atoms. The highest BCUT2D eigenvalue weighted by atomic mass is 16.5. The molecule has 0 bridgehead atoms. The number of methoxy groups -OCH3 is 1. The fourth-order valence-corrected chi connectivity index (χ4v) is 3.94. The monoisotopic (exact) mass is 455 g/mol. The van der Waals surface area contributed by atoms with Gasteiger partial charge in [0.05, 0.1) is 6.61 Å². The van der Waals surface area contributed by atoms with E-state index in [2.05, 4.69) is 68.3 Å². The molecular formula is C24H37N7O2. The van der Waals surface area contributed by atoms with E-state index in [0.717, 1.165) is 51.0 Å². The minimum atomic E-state index is -0.222. The van der Waals surface area contributed by atoms with E-state index >= 15 is 0 Å². The Hall–Kier alpha value is -2.91. The van der Waals surface area contributed by atoms with Crippen LogP contribution in [0.5, 0.6) is 0 Å². The van der Waals surface area contributed by atoms with Crippen LogP contribution in [0.3, 0.4) is 0 Å². The van der Waals surface area contributed by atoms with Crippen molar-refractivity contribution >= 4 is 22.8 Å².